The SMILES string of the molecule is COc1ccccc1C(=O)C(C)NCCCO. The Morgan fingerprint density at radius 2 is 2.18 bits per heavy atom. The molecule has 1 unspecified atom stereocenters. The molecule has 0 bridgehead atoms. The lowest BCUT2D eigenvalue weighted by Crippen LogP contribution is -2.35. The standard InChI is InChI=1S/C13H19NO3/c1-10(14-8-5-9-15)13(16)11-6-3-4-7-12(11)17-2/h3-4,6-7,10,14-15H,5,8-9H2,1-2H3. The van der Waals surface area contributed by atoms with Gasteiger partial charge < -0.3 is 15.2 Å². The molecule has 0 radical (unpaired) electrons. The van der Waals surface area contributed by atoms with E-state index in [0.29, 0.717) is 24.3 Å². The van der Waals surface area contributed by atoms with Gasteiger partial charge in [-0.05, 0) is 32.0 Å². The maximum absolute atomic E-state index is 12.1. The summed E-state index contributed by atoms with van der Waals surface area (Å²) in [5, 5.41) is 11.7. The van der Waals surface area contributed by atoms with Gasteiger partial charge in [-0.2, -0.15) is 0 Å². The number of methoxy groups -OCH3 is 1. The normalized spacial score (nSPS) is 12.2. The molecule has 0 aliphatic rings. The number of carbonyl (C=O) groups excluding carboxylic acids is 1. The van der Waals surface area contributed by atoms with Gasteiger partial charge in [0.1, 0.15) is 5.75 Å². The number of aliphatic hydroxyl groups is 1. The van der Waals surface area contributed by atoms with Crippen LogP contribution in [0.4, 0.5) is 0 Å². The number of Topliss-reactive ketones (excluding diaryl/α,β-unsaturated/α-hetero) is 1. The summed E-state index contributed by atoms with van der Waals surface area (Å²) in [4.78, 5) is 12.1. The van der Waals surface area contributed by atoms with Crippen LogP contribution in [0.25, 0.3) is 0 Å². The third kappa shape index (κ3) is 3.84. The molecule has 0 amide bonds. The zero-order chi connectivity index (χ0) is 12.7. The smallest absolute Gasteiger partial charge is 0.183 e. The number of aliphatic hydroxyl groups excluding tert-OH is 1. The molecule has 0 aliphatic heterocycles. The van der Waals surface area contributed by atoms with Gasteiger partial charge in [0.2, 0.25) is 0 Å². The van der Waals surface area contributed by atoms with Crippen molar-refractivity contribution >= 4 is 5.78 Å². The maximum Gasteiger partial charge on any atom is 0.183 e. The zero-order valence-corrected chi connectivity index (χ0v) is 10.3. The Morgan fingerprint density at radius 3 is 2.82 bits per heavy atom. The van der Waals surface area contributed by atoms with Crippen molar-refractivity contribution in [1.29, 1.82) is 0 Å². The van der Waals surface area contributed by atoms with E-state index >= 15 is 0 Å². The van der Waals surface area contributed by atoms with Crippen molar-refractivity contribution in [3.8, 4) is 5.75 Å². The predicted molar refractivity (Wildman–Crippen MR) is 66.5 cm³/mol. The molecule has 17 heavy (non-hydrogen) atoms. The summed E-state index contributed by atoms with van der Waals surface area (Å²) in [6, 6.07) is 6.90. The van der Waals surface area contributed by atoms with Crippen molar-refractivity contribution in [3.63, 3.8) is 0 Å². The van der Waals surface area contributed by atoms with E-state index in [9.17, 15) is 4.79 Å². The fourth-order valence-electron chi connectivity index (χ4n) is 1.57. The molecule has 4 heteroatoms. The molecular formula is C13H19NO3. The Bertz CT molecular complexity index is 365. The monoisotopic (exact) mass is 237 g/mol. The first-order valence-corrected chi connectivity index (χ1v) is 5.72. The minimum Gasteiger partial charge on any atom is -0.496 e. The lowest BCUT2D eigenvalue weighted by Gasteiger charge is -2.14. The van der Waals surface area contributed by atoms with Gasteiger partial charge in [0, 0.05) is 6.61 Å². The highest BCUT2D eigenvalue weighted by Gasteiger charge is 2.17. The van der Waals surface area contributed by atoms with E-state index < -0.39 is 0 Å². The van der Waals surface area contributed by atoms with Crippen LogP contribution in [-0.4, -0.2) is 37.2 Å². The van der Waals surface area contributed by atoms with Crippen molar-refractivity contribution in [3.05, 3.63) is 29.8 Å². The highest BCUT2D eigenvalue weighted by molar-refractivity contribution is 6.02. The zero-order valence-electron chi connectivity index (χ0n) is 10.3. The van der Waals surface area contributed by atoms with E-state index in [-0.39, 0.29) is 18.4 Å². The van der Waals surface area contributed by atoms with Crippen molar-refractivity contribution < 1.29 is 14.6 Å². The van der Waals surface area contributed by atoms with Gasteiger partial charge in [-0.3, -0.25) is 4.79 Å². The minimum absolute atomic E-state index is 0.000361. The number of hydrogen-bond donors (Lipinski definition) is 2. The van der Waals surface area contributed by atoms with E-state index in [1.54, 1.807) is 19.2 Å². The summed E-state index contributed by atoms with van der Waals surface area (Å²) in [5.74, 6) is 0.591. The molecule has 1 rings (SSSR count). The number of ether oxygens (including phenoxy) is 1. The first-order chi connectivity index (χ1) is 8.20. The highest BCUT2D eigenvalue weighted by atomic mass is 16.5. The Labute approximate surface area is 102 Å². The van der Waals surface area contributed by atoms with Gasteiger partial charge in [-0.15, -0.1) is 0 Å². The lowest BCUT2D eigenvalue weighted by molar-refractivity contribution is 0.0947. The Kier molecular flexibility index (Phi) is 5.66. The fraction of sp³-hybridized carbons (Fsp3) is 0.462. The summed E-state index contributed by atoms with van der Waals surface area (Å²) < 4.78 is 5.15. The first kappa shape index (κ1) is 13.7. The van der Waals surface area contributed by atoms with Crippen LogP contribution in [0.15, 0.2) is 24.3 Å². The van der Waals surface area contributed by atoms with Crippen LogP contribution in [-0.2, 0) is 0 Å². The molecule has 4 nitrogen and oxygen atoms in total. The van der Waals surface area contributed by atoms with Crippen LogP contribution in [0.3, 0.4) is 0 Å². The van der Waals surface area contributed by atoms with Crippen LogP contribution in [0, 0.1) is 0 Å². The number of carbonyl (C=O) groups is 1. The second kappa shape index (κ2) is 7.04. The highest BCUT2D eigenvalue weighted by Crippen LogP contribution is 2.18. The average molecular weight is 237 g/mol. The van der Waals surface area contributed by atoms with E-state index in [4.69, 9.17) is 9.84 Å². The van der Waals surface area contributed by atoms with Crippen molar-refractivity contribution in [2.24, 2.45) is 0 Å². The van der Waals surface area contributed by atoms with E-state index in [1.807, 2.05) is 19.1 Å². The van der Waals surface area contributed by atoms with Crippen molar-refractivity contribution in [1.82, 2.24) is 5.32 Å². The molecule has 1 atom stereocenters. The quantitative estimate of drug-likeness (QED) is 0.553. The van der Waals surface area contributed by atoms with Crippen LogP contribution >= 0.6 is 0 Å². The summed E-state index contributed by atoms with van der Waals surface area (Å²) in [6.07, 6.45) is 0.642. The van der Waals surface area contributed by atoms with Gasteiger partial charge in [0.25, 0.3) is 0 Å². The van der Waals surface area contributed by atoms with E-state index in [2.05, 4.69) is 5.32 Å². The molecular weight excluding hydrogens is 218 g/mol. The molecule has 0 aromatic heterocycles. The molecule has 1 aromatic carbocycles. The van der Waals surface area contributed by atoms with Crippen molar-refractivity contribution in [2.45, 2.75) is 19.4 Å². The molecule has 1 aromatic rings. The van der Waals surface area contributed by atoms with Crippen molar-refractivity contribution in [2.75, 3.05) is 20.3 Å². The molecule has 0 spiro atoms. The number of nitrogens with one attached hydrogen (secondary N) is 1. The Morgan fingerprint density at radius 1 is 1.47 bits per heavy atom. The number of benzene rings is 1. The first-order valence-electron chi connectivity index (χ1n) is 5.72. The van der Waals surface area contributed by atoms with Gasteiger partial charge in [-0.1, -0.05) is 12.1 Å². The van der Waals surface area contributed by atoms with E-state index in [0.717, 1.165) is 0 Å². The van der Waals surface area contributed by atoms with Crippen LogP contribution in [0.2, 0.25) is 0 Å². The number of rotatable bonds is 7. The summed E-state index contributed by atoms with van der Waals surface area (Å²) in [5.41, 5.74) is 0.582. The molecule has 0 aliphatic carbocycles. The summed E-state index contributed by atoms with van der Waals surface area (Å²) in [7, 11) is 1.55. The lowest BCUT2D eigenvalue weighted by atomic mass is 10.0. The molecule has 0 saturated heterocycles. The molecule has 94 valence electrons. The van der Waals surface area contributed by atoms with Crippen LogP contribution in [0.5, 0.6) is 5.75 Å². The third-order valence-electron chi connectivity index (χ3n) is 2.55. The fourth-order valence-corrected chi connectivity index (χ4v) is 1.57. The number of ketones is 1. The van der Waals surface area contributed by atoms with Gasteiger partial charge >= 0.3 is 0 Å². The Balaban J connectivity index is 2.67. The average Bonchev–Trinajstić information content (AvgIpc) is 2.38. The second-order valence-electron chi connectivity index (χ2n) is 3.82. The summed E-state index contributed by atoms with van der Waals surface area (Å²) >= 11 is 0. The van der Waals surface area contributed by atoms with Gasteiger partial charge in [-0.25, -0.2) is 0 Å². The summed E-state index contributed by atoms with van der Waals surface area (Å²) in [6.45, 7) is 2.56. The third-order valence-corrected chi connectivity index (χ3v) is 2.55. The van der Waals surface area contributed by atoms with Gasteiger partial charge in [0.05, 0.1) is 18.7 Å². The maximum atomic E-state index is 12.1. The minimum atomic E-state index is -0.280. The number of para-hydroxylation sites is 1. The Hall–Kier alpha value is -1.39. The second-order valence-corrected chi connectivity index (χ2v) is 3.82. The van der Waals surface area contributed by atoms with E-state index in [1.165, 1.54) is 0 Å². The molecule has 0 fully saturated rings. The van der Waals surface area contributed by atoms with Crippen LogP contribution in [0.1, 0.15) is 23.7 Å². The topological polar surface area (TPSA) is 58.6 Å². The molecule has 0 heterocycles. The molecule has 2 N–H and O–H groups in total. The predicted octanol–water partition coefficient (Wildman–Crippen LogP) is 1.24. The van der Waals surface area contributed by atoms with Crippen LogP contribution < -0.4 is 10.1 Å². The van der Waals surface area contributed by atoms with Gasteiger partial charge in [0.15, 0.2) is 5.78 Å². The molecule has 0 saturated carbocycles. The number of hydrogen-bond acceptors (Lipinski definition) is 4. The largest absolute Gasteiger partial charge is 0.496 e.